The Kier molecular flexibility index (Phi) is 6.69. The van der Waals surface area contributed by atoms with Crippen LogP contribution in [0, 0.1) is 6.92 Å². The van der Waals surface area contributed by atoms with E-state index < -0.39 is 0 Å². The first-order chi connectivity index (χ1) is 10.0. The zero-order valence-electron chi connectivity index (χ0n) is 12.9. The molecule has 0 aliphatic carbocycles. The van der Waals surface area contributed by atoms with Crippen molar-refractivity contribution in [3.05, 3.63) is 49.1 Å². The van der Waals surface area contributed by atoms with E-state index in [9.17, 15) is 4.79 Å². The summed E-state index contributed by atoms with van der Waals surface area (Å²) in [5.41, 5.74) is 8.27. The van der Waals surface area contributed by atoms with E-state index in [2.05, 4.69) is 18.5 Å². The van der Waals surface area contributed by atoms with Crippen LogP contribution in [-0.2, 0) is 4.79 Å². The number of nitrogens with two attached hydrogens (primary N) is 1. The summed E-state index contributed by atoms with van der Waals surface area (Å²) in [6, 6.07) is 5.33. The monoisotopic (exact) mass is 287 g/mol. The molecule has 1 aromatic carbocycles. The van der Waals surface area contributed by atoms with Gasteiger partial charge in [-0.1, -0.05) is 25.1 Å². The van der Waals surface area contributed by atoms with Gasteiger partial charge in [-0.25, -0.2) is 0 Å². The second kappa shape index (κ2) is 8.27. The van der Waals surface area contributed by atoms with Crippen molar-refractivity contribution in [2.75, 3.05) is 24.1 Å². The van der Waals surface area contributed by atoms with Crippen molar-refractivity contribution in [3.63, 3.8) is 0 Å². The van der Waals surface area contributed by atoms with E-state index in [4.69, 9.17) is 5.73 Å². The van der Waals surface area contributed by atoms with Gasteiger partial charge in [0.05, 0.1) is 6.04 Å². The molecule has 0 aliphatic heterocycles. The van der Waals surface area contributed by atoms with Crippen LogP contribution in [-0.4, -0.2) is 29.9 Å². The smallest absolute Gasteiger partial charge is 0.241 e. The van der Waals surface area contributed by atoms with Crippen LogP contribution in [0.3, 0.4) is 0 Å². The Hall–Kier alpha value is -2.07. The van der Waals surface area contributed by atoms with Gasteiger partial charge in [-0.05, 0) is 31.0 Å². The van der Waals surface area contributed by atoms with Gasteiger partial charge >= 0.3 is 0 Å². The highest BCUT2D eigenvalue weighted by atomic mass is 16.2. The molecule has 0 aliphatic rings. The quantitative estimate of drug-likeness (QED) is 0.571. The highest BCUT2D eigenvalue weighted by molar-refractivity contribution is 5.95. The van der Waals surface area contributed by atoms with Gasteiger partial charge in [-0.3, -0.25) is 9.69 Å². The van der Waals surface area contributed by atoms with Crippen LogP contribution in [0.1, 0.15) is 18.9 Å². The molecule has 114 valence electrons. The van der Waals surface area contributed by atoms with Crippen LogP contribution in [0.5, 0.6) is 0 Å². The van der Waals surface area contributed by atoms with Crippen molar-refractivity contribution in [1.29, 1.82) is 0 Å². The SMILES string of the molecule is C=CCN(CC=C)C(CC)C(=O)Nc1ccc(C)c(N)c1. The maximum Gasteiger partial charge on any atom is 0.241 e. The van der Waals surface area contributed by atoms with Gasteiger partial charge in [0.15, 0.2) is 0 Å². The van der Waals surface area contributed by atoms with Crippen LogP contribution >= 0.6 is 0 Å². The number of hydrogen-bond donors (Lipinski definition) is 2. The predicted octanol–water partition coefficient (Wildman–Crippen LogP) is 2.97. The summed E-state index contributed by atoms with van der Waals surface area (Å²) in [6.07, 6.45) is 4.31. The third kappa shape index (κ3) is 4.76. The molecule has 0 saturated heterocycles. The van der Waals surface area contributed by atoms with Crippen LogP contribution in [0.15, 0.2) is 43.5 Å². The lowest BCUT2D eigenvalue weighted by atomic mass is 10.1. The van der Waals surface area contributed by atoms with Gasteiger partial charge in [0.25, 0.3) is 0 Å². The molecule has 0 fully saturated rings. The molecule has 1 rings (SSSR count). The van der Waals surface area contributed by atoms with Gasteiger partial charge in [-0.2, -0.15) is 0 Å². The van der Waals surface area contributed by atoms with Crippen molar-refractivity contribution in [1.82, 2.24) is 4.90 Å². The molecule has 0 radical (unpaired) electrons. The molecule has 0 aromatic heterocycles. The molecule has 0 saturated carbocycles. The molecular weight excluding hydrogens is 262 g/mol. The van der Waals surface area contributed by atoms with Gasteiger partial charge < -0.3 is 11.1 Å². The standard InChI is InChI=1S/C17H25N3O/c1-5-10-20(11-6-2)16(7-3)17(21)19-14-9-8-13(4)15(18)12-14/h5-6,8-9,12,16H,1-2,7,10-11,18H2,3-4H3,(H,19,21). The summed E-state index contributed by atoms with van der Waals surface area (Å²) >= 11 is 0. The van der Waals surface area contributed by atoms with Crippen LogP contribution in [0.2, 0.25) is 0 Å². The van der Waals surface area contributed by atoms with Crippen molar-refractivity contribution in [2.45, 2.75) is 26.3 Å². The van der Waals surface area contributed by atoms with E-state index in [1.807, 2.05) is 30.9 Å². The second-order valence-corrected chi connectivity index (χ2v) is 5.02. The van der Waals surface area contributed by atoms with E-state index >= 15 is 0 Å². The van der Waals surface area contributed by atoms with E-state index in [1.54, 1.807) is 18.2 Å². The number of aryl methyl sites for hydroxylation is 1. The largest absolute Gasteiger partial charge is 0.398 e. The average molecular weight is 287 g/mol. The first-order valence-corrected chi connectivity index (χ1v) is 7.16. The molecule has 1 unspecified atom stereocenters. The van der Waals surface area contributed by atoms with Gasteiger partial charge in [0.1, 0.15) is 0 Å². The highest BCUT2D eigenvalue weighted by Gasteiger charge is 2.22. The number of nitrogens with zero attached hydrogens (tertiary/aromatic N) is 1. The number of carbonyl (C=O) groups excluding carboxylic acids is 1. The number of nitrogen functional groups attached to an aromatic ring is 1. The van der Waals surface area contributed by atoms with E-state index in [1.165, 1.54) is 0 Å². The summed E-state index contributed by atoms with van der Waals surface area (Å²) in [5.74, 6) is -0.0375. The molecule has 1 amide bonds. The summed E-state index contributed by atoms with van der Waals surface area (Å²) in [4.78, 5) is 14.5. The molecular formula is C17H25N3O. The maximum absolute atomic E-state index is 12.5. The fourth-order valence-electron chi connectivity index (χ4n) is 2.21. The number of rotatable bonds is 8. The Labute approximate surface area is 127 Å². The zero-order valence-corrected chi connectivity index (χ0v) is 12.9. The van der Waals surface area contributed by atoms with Gasteiger partial charge in [-0.15, -0.1) is 13.2 Å². The number of hydrogen-bond acceptors (Lipinski definition) is 3. The lowest BCUT2D eigenvalue weighted by molar-refractivity contribution is -0.121. The fourth-order valence-corrected chi connectivity index (χ4v) is 2.21. The minimum absolute atomic E-state index is 0.0375. The Bertz CT molecular complexity index is 501. The fraction of sp³-hybridized carbons (Fsp3) is 0.353. The molecule has 1 atom stereocenters. The van der Waals surface area contributed by atoms with E-state index in [0.29, 0.717) is 18.8 Å². The minimum atomic E-state index is -0.219. The third-order valence-corrected chi connectivity index (χ3v) is 3.40. The van der Waals surface area contributed by atoms with E-state index in [-0.39, 0.29) is 11.9 Å². The first-order valence-electron chi connectivity index (χ1n) is 7.16. The summed E-state index contributed by atoms with van der Waals surface area (Å²) in [6.45, 7) is 12.7. The second-order valence-electron chi connectivity index (χ2n) is 5.02. The molecule has 21 heavy (non-hydrogen) atoms. The number of nitrogens with one attached hydrogen (secondary N) is 1. The topological polar surface area (TPSA) is 58.4 Å². The van der Waals surface area contributed by atoms with Crippen LogP contribution in [0.25, 0.3) is 0 Å². The zero-order chi connectivity index (χ0) is 15.8. The van der Waals surface area contributed by atoms with Gasteiger partial charge in [0, 0.05) is 24.5 Å². The number of anilines is 2. The van der Waals surface area contributed by atoms with Crippen molar-refractivity contribution in [3.8, 4) is 0 Å². The average Bonchev–Trinajstić information content (AvgIpc) is 2.44. The molecule has 0 heterocycles. The molecule has 1 aromatic rings. The molecule has 4 nitrogen and oxygen atoms in total. The minimum Gasteiger partial charge on any atom is -0.398 e. The molecule has 3 N–H and O–H groups in total. The Morgan fingerprint density at radius 3 is 2.48 bits per heavy atom. The number of carbonyl (C=O) groups is 1. The lowest BCUT2D eigenvalue weighted by Gasteiger charge is -2.28. The van der Waals surface area contributed by atoms with E-state index in [0.717, 1.165) is 17.7 Å². The van der Waals surface area contributed by atoms with Crippen LogP contribution < -0.4 is 11.1 Å². The third-order valence-electron chi connectivity index (χ3n) is 3.40. The summed E-state index contributed by atoms with van der Waals surface area (Å²) < 4.78 is 0. The summed E-state index contributed by atoms with van der Waals surface area (Å²) in [5, 5.41) is 2.93. The number of amides is 1. The van der Waals surface area contributed by atoms with Crippen LogP contribution in [0.4, 0.5) is 11.4 Å². The van der Waals surface area contributed by atoms with Crippen molar-refractivity contribution >= 4 is 17.3 Å². The van der Waals surface area contributed by atoms with Crippen molar-refractivity contribution < 1.29 is 4.79 Å². The Morgan fingerprint density at radius 1 is 1.38 bits per heavy atom. The molecule has 0 bridgehead atoms. The van der Waals surface area contributed by atoms with Crippen molar-refractivity contribution in [2.24, 2.45) is 0 Å². The Balaban J connectivity index is 2.84. The normalized spacial score (nSPS) is 12.0. The molecule has 4 heteroatoms. The highest BCUT2D eigenvalue weighted by Crippen LogP contribution is 2.18. The predicted molar refractivity (Wildman–Crippen MR) is 90.3 cm³/mol. The molecule has 0 spiro atoms. The van der Waals surface area contributed by atoms with Gasteiger partial charge in [0.2, 0.25) is 5.91 Å². The summed E-state index contributed by atoms with van der Waals surface area (Å²) in [7, 11) is 0. The maximum atomic E-state index is 12.5. The first kappa shape index (κ1) is 17.0. The number of benzene rings is 1. The lowest BCUT2D eigenvalue weighted by Crippen LogP contribution is -2.43. The Morgan fingerprint density at radius 2 is 2.00 bits per heavy atom.